The number of benzene rings is 1. The van der Waals surface area contributed by atoms with Crippen LogP contribution in [-0.4, -0.2) is 4.98 Å². The average molecular weight is 296 g/mol. The average Bonchev–Trinajstić information content (AvgIpc) is 2.60. The van der Waals surface area contributed by atoms with Crippen LogP contribution in [0.5, 0.6) is 10.9 Å². The molecule has 1 aromatic carbocycles. The first-order valence-corrected chi connectivity index (χ1v) is 6.05. The number of hydrogen-bond donors (Lipinski definition) is 1. The first-order valence-electron chi connectivity index (χ1n) is 4.10. The quantitative estimate of drug-likeness (QED) is 0.831. The first-order chi connectivity index (χ1) is 7.56. The molecule has 0 aliphatic heterocycles. The molecule has 2 aromatic rings. The smallest absolute Gasteiger partial charge is 0.280 e. The van der Waals surface area contributed by atoms with Crippen molar-refractivity contribution >= 4 is 51.1 Å². The minimum absolute atomic E-state index is 0.364. The van der Waals surface area contributed by atoms with Gasteiger partial charge in [0, 0.05) is 6.07 Å². The summed E-state index contributed by atoms with van der Waals surface area (Å²) >= 11 is 18.8. The Bertz CT molecular complexity index is 529. The minimum atomic E-state index is 0.364. The summed E-state index contributed by atoms with van der Waals surface area (Å²) < 4.78 is 5.42. The van der Waals surface area contributed by atoms with E-state index in [4.69, 9.17) is 45.3 Å². The van der Waals surface area contributed by atoms with Gasteiger partial charge in [0.15, 0.2) is 5.75 Å². The molecule has 0 saturated carbocycles. The molecule has 0 spiro atoms. The van der Waals surface area contributed by atoms with Gasteiger partial charge in [-0.1, -0.05) is 46.1 Å². The van der Waals surface area contributed by atoms with E-state index in [0.717, 1.165) is 0 Å². The molecule has 84 valence electrons. The Morgan fingerprint density at radius 2 is 1.81 bits per heavy atom. The highest BCUT2D eigenvalue weighted by atomic mass is 35.5. The topological polar surface area (TPSA) is 48.1 Å². The van der Waals surface area contributed by atoms with Crippen LogP contribution < -0.4 is 10.5 Å². The van der Waals surface area contributed by atoms with E-state index in [2.05, 4.69) is 4.98 Å². The SMILES string of the molecule is Nc1cnc(Oc2cc(Cl)c(Cl)cc2Cl)s1. The van der Waals surface area contributed by atoms with Gasteiger partial charge in [0.1, 0.15) is 5.00 Å². The van der Waals surface area contributed by atoms with Gasteiger partial charge < -0.3 is 10.5 Å². The highest BCUT2D eigenvalue weighted by molar-refractivity contribution is 7.17. The lowest BCUT2D eigenvalue weighted by atomic mass is 10.3. The van der Waals surface area contributed by atoms with E-state index in [9.17, 15) is 0 Å². The number of nitrogens with two attached hydrogens (primary N) is 1. The van der Waals surface area contributed by atoms with Gasteiger partial charge >= 0.3 is 0 Å². The van der Waals surface area contributed by atoms with Crippen molar-refractivity contribution < 1.29 is 4.74 Å². The largest absolute Gasteiger partial charge is 0.429 e. The Kier molecular flexibility index (Phi) is 3.44. The number of anilines is 1. The van der Waals surface area contributed by atoms with Gasteiger partial charge in [-0.25, -0.2) is 4.98 Å². The number of aromatic nitrogens is 1. The third-order valence-electron chi connectivity index (χ3n) is 1.67. The van der Waals surface area contributed by atoms with Gasteiger partial charge in [-0.15, -0.1) is 0 Å². The van der Waals surface area contributed by atoms with E-state index in [0.29, 0.717) is 31.0 Å². The van der Waals surface area contributed by atoms with Crippen LogP contribution in [0.1, 0.15) is 0 Å². The number of rotatable bonds is 2. The standard InChI is InChI=1S/C9H5Cl3N2OS/c10-4-1-6(12)7(2-5(4)11)15-9-14-3-8(13)16-9/h1-3H,13H2. The second-order valence-corrected chi connectivity index (χ2v) is 5.07. The van der Waals surface area contributed by atoms with Crippen LogP contribution in [0.3, 0.4) is 0 Å². The fourth-order valence-electron chi connectivity index (χ4n) is 0.994. The summed E-state index contributed by atoms with van der Waals surface area (Å²) in [5.74, 6) is 0.394. The van der Waals surface area contributed by atoms with E-state index < -0.39 is 0 Å². The van der Waals surface area contributed by atoms with Crippen LogP contribution in [0.2, 0.25) is 15.1 Å². The van der Waals surface area contributed by atoms with Crippen molar-refractivity contribution in [1.82, 2.24) is 4.98 Å². The lowest BCUT2D eigenvalue weighted by molar-refractivity contribution is 0.479. The molecule has 2 N–H and O–H groups in total. The lowest BCUT2D eigenvalue weighted by Crippen LogP contribution is -1.84. The molecule has 0 saturated heterocycles. The van der Waals surface area contributed by atoms with Crippen molar-refractivity contribution in [2.24, 2.45) is 0 Å². The maximum Gasteiger partial charge on any atom is 0.280 e. The van der Waals surface area contributed by atoms with Crippen LogP contribution in [0.15, 0.2) is 18.3 Å². The molecule has 16 heavy (non-hydrogen) atoms. The fourth-order valence-corrected chi connectivity index (χ4v) is 2.11. The molecule has 7 heteroatoms. The molecular weight excluding hydrogens is 291 g/mol. The highest BCUT2D eigenvalue weighted by Crippen LogP contribution is 2.37. The fraction of sp³-hybridized carbons (Fsp3) is 0. The Labute approximate surface area is 111 Å². The van der Waals surface area contributed by atoms with Crippen molar-refractivity contribution in [3.63, 3.8) is 0 Å². The second-order valence-electron chi connectivity index (χ2n) is 2.83. The van der Waals surface area contributed by atoms with Crippen LogP contribution in [-0.2, 0) is 0 Å². The number of halogens is 3. The van der Waals surface area contributed by atoms with Gasteiger partial charge in [0.25, 0.3) is 5.19 Å². The monoisotopic (exact) mass is 294 g/mol. The summed E-state index contributed by atoms with van der Waals surface area (Å²) in [4.78, 5) is 3.94. The Morgan fingerprint density at radius 1 is 1.12 bits per heavy atom. The van der Waals surface area contributed by atoms with Crippen LogP contribution in [0.25, 0.3) is 0 Å². The number of nitrogens with zero attached hydrogens (tertiary/aromatic N) is 1. The molecule has 0 aliphatic rings. The normalized spacial score (nSPS) is 10.4. The molecule has 0 bridgehead atoms. The minimum Gasteiger partial charge on any atom is -0.429 e. The number of hydrogen-bond acceptors (Lipinski definition) is 4. The van der Waals surface area contributed by atoms with Crippen LogP contribution in [0.4, 0.5) is 5.00 Å². The number of thiazole rings is 1. The summed E-state index contributed by atoms with van der Waals surface area (Å²) in [5, 5.41) is 2.07. The lowest BCUT2D eigenvalue weighted by Gasteiger charge is -2.05. The summed E-state index contributed by atoms with van der Waals surface area (Å²) in [5.41, 5.74) is 5.52. The Hall–Kier alpha value is -0.680. The third kappa shape index (κ3) is 2.52. The molecule has 1 heterocycles. The van der Waals surface area contributed by atoms with E-state index in [-0.39, 0.29) is 0 Å². The highest BCUT2D eigenvalue weighted by Gasteiger charge is 2.09. The van der Waals surface area contributed by atoms with Crippen molar-refractivity contribution in [3.8, 4) is 10.9 Å². The molecule has 0 unspecified atom stereocenters. The molecule has 1 aromatic heterocycles. The summed E-state index contributed by atoms with van der Waals surface area (Å²) in [6.07, 6.45) is 1.51. The van der Waals surface area contributed by atoms with Crippen LogP contribution >= 0.6 is 46.1 Å². The van der Waals surface area contributed by atoms with E-state index in [1.165, 1.54) is 29.7 Å². The van der Waals surface area contributed by atoms with Gasteiger partial charge in [0.05, 0.1) is 21.3 Å². The number of ether oxygens (including phenoxy) is 1. The second kappa shape index (κ2) is 4.67. The summed E-state index contributed by atoms with van der Waals surface area (Å²) in [7, 11) is 0. The van der Waals surface area contributed by atoms with E-state index >= 15 is 0 Å². The van der Waals surface area contributed by atoms with Crippen molar-refractivity contribution in [2.75, 3.05) is 5.73 Å². The molecule has 3 nitrogen and oxygen atoms in total. The van der Waals surface area contributed by atoms with E-state index in [1.807, 2.05) is 0 Å². The maximum absolute atomic E-state index is 5.94. The molecule has 0 radical (unpaired) electrons. The molecule has 2 rings (SSSR count). The van der Waals surface area contributed by atoms with Gasteiger partial charge in [-0.3, -0.25) is 0 Å². The van der Waals surface area contributed by atoms with E-state index in [1.54, 1.807) is 0 Å². The zero-order valence-corrected chi connectivity index (χ0v) is 10.8. The predicted molar refractivity (Wildman–Crippen MR) is 68.1 cm³/mol. The van der Waals surface area contributed by atoms with Crippen molar-refractivity contribution in [1.29, 1.82) is 0 Å². The molecule has 0 atom stereocenters. The predicted octanol–water partition coefficient (Wildman–Crippen LogP) is 4.48. The molecule has 0 aliphatic carbocycles. The molecule has 0 fully saturated rings. The van der Waals surface area contributed by atoms with Crippen LogP contribution in [0, 0.1) is 0 Å². The Balaban J connectivity index is 2.31. The third-order valence-corrected chi connectivity index (χ3v) is 3.40. The summed E-state index contributed by atoms with van der Waals surface area (Å²) in [6, 6.07) is 3.04. The van der Waals surface area contributed by atoms with Crippen molar-refractivity contribution in [3.05, 3.63) is 33.4 Å². The zero-order chi connectivity index (χ0) is 11.7. The number of nitrogen functional groups attached to an aromatic ring is 1. The maximum atomic E-state index is 5.94. The molecule has 0 amide bonds. The van der Waals surface area contributed by atoms with Crippen molar-refractivity contribution in [2.45, 2.75) is 0 Å². The zero-order valence-electron chi connectivity index (χ0n) is 7.71. The Morgan fingerprint density at radius 3 is 2.44 bits per heavy atom. The van der Waals surface area contributed by atoms with Gasteiger partial charge in [-0.2, -0.15) is 0 Å². The van der Waals surface area contributed by atoms with Gasteiger partial charge in [0.2, 0.25) is 0 Å². The van der Waals surface area contributed by atoms with Gasteiger partial charge in [-0.05, 0) is 6.07 Å². The molecular formula is C9H5Cl3N2OS. The first kappa shape index (κ1) is 11.8. The summed E-state index contributed by atoms with van der Waals surface area (Å²) in [6.45, 7) is 0.